The second-order valence-corrected chi connectivity index (χ2v) is 8.52. The van der Waals surface area contributed by atoms with Gasteiger partial charge in [-0.3, -0.25) is 14.4 Å². The molecule has 1 aromatic carbocycles. The summed E-state index contributed by atoms with van der Waals surface area (Å²) in [7, 11) is 3.09. The summed E-state index contributed by atoms with van der Waals surface area (Å²) in [6.45, 7) is 4.24. The zero-order chi connectivity index (χ0) is 20.6. The van der Waals surface area contributed by atoms with Gasteiger partial charge in [0.15, 0.2) is 11.5 Å². The molecular formula is C21H26ClNO5. The summed E-state index contributed by atoms with van der Waals surface area (Å²) in [4.78, 5) is 40.2. The number of fused-ring (bicyclic) bond motifs is 1. The maximum atomic E-state index is 13.0. The highest BCUT2D eigenvalue weighted by molar-refractivity contribution is 6.27. The van der Waals surface area contributed by atoms with Crippen LogP contribution >= 0.6 is 11.6 Å². The molecule has 1 heterocycles. The fourth-order valence-corrected chi connectivity index (χ4v) is 4.60. The molecule has 1 aliphatic carbocycles. The Morgan fingerprint density at radius 2 is 1.71 bits per heavy atom. The Hall–Kier alpha value is -2.08. The fourth-order valence-electron chi connectivity index (χ4n) is 4.45. The molecule has 0 aromatic heterocycles. The molecule has 6 nitrogen and oxygen atoms in total. The highest BCUT2D eigenvalue weighted by Crippen LogP contribution is 2.46. The molecule has 0 spiro atoms. The Labute approximate surface area is 170 Å². The summed E-state index contributed by atoms with van der Waals surface area (Å²) in [6, 6.07) is 2.99. The van der Waals surface area contributed by atoms with Crippen LogP contribution in [0.3, 0.4) is 0 Å². The molecule has 1 saturated carbocycles. The lowest BCUT2D eigenvalue weighted by Gasteiger charge is -2.43. The quantitative estimate of drug-likeness (QED) is 0.566. The van der Waals surface area contributed by atoms with Crippen LogP contribution in [-0.4, -0.2) is 49.0 Å². The van der Waals surface area contributed by atoms with Gasteiger partial charge in [-0.05, 0) is 35.1 Å². The van der Waals surface area contributed by atoms with Gasteiger partial charge >= 0.3 is 0 Å². The van der Waals surface area contributed by atoms with Crippen molar-refractivity contribution in [2.24, 2.45) is 11.3 Å². The molecule has 0 saturated heterocycles. The first-order valence-electron chi connectivity index (χ1n) is 9.38. The lowest BCUT2D eigenvalue weighted by molar-refractivity contribution is -0.146. The van der Waals surface area contributed by atoms with E-state index in [1.165, 1.54) is 7.11 Å². The van der Waals surface area contributed by atoms with Crippen LogP contribution in [0.15, 0.2) is 12.1 Å². The summed E-state index contributed by atoms with van der Waals surface area (Å²) in [5.74, 6) is -0.515. The number of benzene rings is 1. The number of alkyl halides is 1. The molecule has 1 amide bonds. The molecule has 1 atom stereocenters. The van der Waals surface area contributed by atoms with Crippen molar-refractivity contribution in [1.29, 1.82) is 0 Å². The van der Waals surface area contributed by atoms with Crippen molar-refractivity contribution < 1.29 is 23.9 Å². The summed E-state index contributed by atoms with van der Waals surface area (Å²) in [5, 5.41) is 0. The number of Topliss-reactive ketones (excluding diaryl/α,β-unsaturated/α-hetero) is 2. The molecular weight excluding hydrogens is 382 g/mol. The van der Waals surface area contributed by atoms with Gasteiger partial charge in [-0.2, -0.15) is 0 Å². The smallest absolute Gasteiger partial charge is 0.238 e. The number of hydrogen-bond donors (Lipinski definition) is 0. The molecule has 2 aliphatic rings. The standard InChI is InChI=1S/C21H26ClNO5/c1-21(2)9-14(24)19(15(25)10-21)20-13-8-17(28-4)16(27-3)7-12(13)5-6-23(20)18(26)11-22/h7-8,19-20H,5-6,9-11H2,1-4H3/t20-/m1/s1. The topological polar surface area (TPSA) is 72.9 Å². The maximum Gasteiger partial charge on any atom is 0.238 e. The van der Waals surface area contributed by atoms with Crippen LogP contribution in [0.25, 0.3) is 0 Å². The van der Waals surface area contributed by atoms with E-state index < -0.39 is 12.0 Å². The lowest BCUT2D eigenvalue weighted by Crippen LogP contribution is -2.50. The SMILES string of the molecule is COc1cc2c(cc1OC)[C@H](C1C(=O)CC(C)(C)CC1=O)N(C(=O)CCl)CC2. The number of nitrogens with zero attached hydrogens (tertiary/aromatic N) is 1. The molecule has 0 N–H and O–H groups in total. The number of methoxy groups -OCH3 is 2. The van der Waals surface area contributed by atoms with E-state index in [-0.39, 0.29) is 28.8 Å². The van der Waals surface area contributed by atoms with Crippen LogP contribution in [-0.2, 0) is 20.8 Å². The van der Waals surface area contributed by atoms with Crippen molar-refractivity contribution in [2.75, 3.05) is 26.6 Å². The van der Waals surface area contributed by atoms with E-state index in [0.29, 0.717) is 37.3 Å². The van der Waals surface area contributed by atoms with Gasteiger partial charge in [-0.25, -0.2) is 0 Å². The second-order valence-electron chi connectivity index (χ2n) is 8.25. The minimum atomic E-state index is -0.877. The average molecular weight is 408 g/mol. The van der Waals surface area contributed by atoms with Gasteiger partial charge in [-0.15, -0.1) is 11.6 Å². The molecule has 152 valence electrons. The third kappa shape index (κ3) is 3.62. The zero-order valence-electron chi connectivity index (χ0n) is 16.7. The van der Waals surface area contributed by atoms with Crippen molar-refractivity contribution in [1.82, 2.24) is 4.90 Å². The molecule has 0 unspecified atom stereocenters. The summed E-state index contributed by atoms with van der Waals surface area (Å²) < 4.78 is 10.8. The van der Waals surface area contributed by atoms with Crippen LogP contribution in [0.4, 0.5) is 0 Å². The average Bonchev–Trinajstić information content (AvgIpc) is 2.64. The van der Waals surface area contributed by atoms with E-state index in [2.05, 4.69) is 0 Å². The van der Waals surface area contributed by atoms with Gasteiger partial charge in [-0.1, -0.05) is 13.8 Å². The number of carbonyl (C=O) groups is 3. The molecule has 28 heavy (non-hydrogen) atoms. The van der Waals surface area contributed by atoms with E-state index in [0.717, 1.165) is 11.1 Å². The van der Waals surface area contributed by atoms with E-state index >= 15 is 0 Å². The number of ketones is 2. The molecule has 0 radical (unpaired) electrons. The van der Waals surface area contributed by atoms with Gasteiger partial charge in [0.1, 0.15) is 23.4 Å². The highest BCUT2D eigenvalue weighted by atomic mass is 35.5. The molecule has 0 bridgehead atoms. The van der Waals surface area contributed by atoms with Crippen molar-refractivity contribution in [3.8, 4) is 11.5 Å². The number of amides is 1. The van der Waals surface area contributed by atoms with Crippen LogP contribution in [0, 0.1) is 11.3 Å². The third-order valence-electron chi connectivity index (χ3n) is 5.67. The van der Waals surface area contributed by atoms with Crippen molar-refractivity contribution in [3.63, 3.8) is 0 Å². The Morgan fingerprint density at radius 3 is 2.25 bits per heavy atom. The monoisotopic (exact) mass is 407 g/mol. The normalized spacial score (nSPS) is 22.0. The molecule has 1 aliphatic heterocycles. The Kier molecular flexibility index (Phi) is 5.71. The van der Waals surface area contributed by atoms with Crippen molar-refractivity contribution in [2.45, 2.75) is 39.2 Å². The van der Waals surface area contributed by atoms with Crippen molar-refractivity contribution in [3.05, 3.63) is 23.3 Å². The number of ether oxygens (including phenoxy) is 2. The number of rotatable bonds is 4. The second kappa shape index (κ2) is 7.74. The third-order valence-corrected chi connectivity index (χ3v) is 5.90. The summed E-state index contributed by atoms with van der Waals surface area (Å²) in [5.41, 5.74) is 1.35. The van der Waals surface area contributed by atoms with E-state index in [1.807, 2.05) is 19.9 Å². The maximum absolute atomic E-state index is 13.0. The minimum absolute atomic E-state index is 0.124. The highest BCUT2D eigenvalue weighted by Gasteiger charge is 2.48. The van der Waals surface area contributed by atoms with Crippen LogP contribution < -0.4 is 9.47 Å². The van der Waals surface area contributed by atoms with Crippen LogP contribution in [0.2, 0.25) is 0 Å². The van der Waals surface area contributed by atoms with Crippen molar-refractivity contribution >= 4 is 29.1 Å². The van der Waals surface area contributed by atoms with E-state index in [4.69, 9.17) is 21.1 Å². The largest absolute Gasteiger partial charge is 0.493 e. The fraction of sp³-hybridized carbons (Fsp3) is 0.571. The molecule has 1 aromatic rings. The van der Waals surface area contributed by atoms with Gasteiger partial charge < -0.3 is 14.4 Å². The Balaban J connectivity index is 2.13. The van der Waals surface area contributed by atoms with Crippen LogP contribution in [0.1, 0.15) is 43.9 Å². The lowest BCUT2D eigenvalue weighted by atomic mass is 9.67. The zero-order valence-corrected chi connectivity index (χ0v) is 17.5. The van der Waals surface area contributed by atoms with Gasteiger partial charge in [0.2, 0.25) is 5.91 Å². The first-order valence-corrected chi connectivity index (χ1v) is 9.91. The summed E-state index contributed by atoms with van der Waals surface area (Å²) >= 11 is 5.84. The van der Waals surface area contributed by atoms with E-state index in [9.17, 15) is 14.4 Å². The molecule has 3 rings (SSSR count). The number of carbonyl (C=O) groups excluding carboxylic acids is 3. The number of halogens is 1. The Morgan fingerprint density at radius 1 is 1.14 bits per heavy atom. The Bertz CT molecular complexity index is 799. The molecule has 7 heteroatoms. The first kappa shape index (κ1) is 20.6. The van der Waals surface area contributed by atoms with Gasteiger partial charge in [0.25, 0.3) is 0 Å². The van der Waals surface area contributed by atoms with Crippen LogP contribution in [0.5, 0.6) is 11.5 Å². The van der Waals surface area contributed by atoms with Gasteiger partial charge in [0.05, 0.1) is 20.3 Å². The first-order chi connectivity index (χ1) is 13.2. The molecule has 1 fully saturated rings. The van der Waals surface area contributed by atoms with Gasteiger partial charge in [0, 0.05) is 19.4 Å². The van der Waals surface area contributed by atoms with E-state index in [1.54, 1.807) is 18.1 Å². The predicted molar refractivity (Wildman–Crippen MR) is 105 cm³/mol. The predicted octanol–water partition coefficient (Wildman–Crippen LogP) is 2.94. The summed E-state index contributed by atoms with van der Waals surface area (Å²) in [6.07, 6.45) is 1.21. The number of hydrogen-bond acceptors (Lipinski definition) is 5. The minimum Gasteiger partial charge on any atom is -0.493 e.